The Morgan fingerprint density at radius 2 is 1.74 bits per heavy atom. The van der Waals surface area contributed by atoms with Gasteiger partial charge < -0.3 is 29.3 Å². The van der Waals surface area contributed by atoms with Crippen molar-refractivity contribution in [2.24, 2.45) is 0 Å². The Labute approximate surface area is 184 Å². The molecule has 2 heterocycles. The number of anilines is 3. The van der Waals surface area contributed by atoms with Crippen LogP contribution in [0, 0.1) is 0 Å². The first kappa shape index (κ1) is 22.7. The van der Waals surface area contributed by atoms with Crippen LogP contribution in [0.4, 0.5) is 17.1 Å². The van der Waals surface area contributed by atoms with Gasteiger partial charge >= 0.3 is 0 Å². The number of morpholine rings is 1. The van der Waals surface area contributed by atoms with E-state index in [1.807, 2.05) is 74.1 Å². The van der Waals surface area contributed by atoms with Crippen LogP contribution in [0.5, 0.6) is 11.5 Å². The molecule has 1 amide bonds. The summed E-state index contributed by atoms with van der Waals surface area (Å²) < 4.78 is 19.1. The minimum absolute atomic E-state index is 0.134. The van der Waals surface area contributed by atoms with Crippen molar-refractivity contribution < 1.29 is 23.6 Å². The molecule has 1 fully saturated rings. The summed E-state index contributed by atoms with van der Waals surface area (Å²) in [7, 11) is 3.97. The lowest BCUT2D eigenvalue weighted by Gasteiger charge is -2.31. The molecular formula is C23H33N4O4+. The largest absolute Gasteiger partial charge is 0.492 e. The summed E-state index contributed by atoms with van der Waals surface area (Å²) >= 11 is 0. The second-order valence-electron chi connectivity index (χ2n) is 7.45. The Morgan fingerprint density at radius 1 is 1.10 bits per heavy atom. The molecule has 1 aliphatic rings. The smallest absolute Gasteiger partial charge is 0.290 e. The lowest BCUT2D eigenvalue weighted by atomic mass is 10.2. The van der Waals surface area contributed by atoms with E-state index in [0.717, 1.165) is 30.2 Å². The lowest BCUT2D eigenvalue weighted by Crippen LogP contribution is -2.39. The number of amides is 1. The van der Waals surface area contributed by atoms with E-state index < -0.39 is 0 Å². The standard InChI is InChI=1S/C23H32N4O4/c1-5-30-21-16-20(27-11-13-29-14-12-27)22(31-6-2)15-19(21)24-23(28)17-26-9-7-18(8-10-26)25(3)4/h7-10,15-16H,5-6,11-14,17H2,1-4H3/p+1. The monoisotopic (exact) mass is 429 g/mol. The molecule has 0 radical (unpaired) electrons. The maximum Gasteiger partial charge on any atom is 0.290 e. The number of hydrogen-bond acceptors (Lipinski definition) is 6. The fourth-order valence-corrected chi connectivity index (χ4v) is 3.45. The van der Waals surface area contributed by atoms with Gasteiger partial charge in [0.15, 0.2) is 12.4 Å². The second kappa shape index (κ2) is 10.9. The predicted octanol–water partition coefficient (Wildman–Crippen LogP) is 2.31. The van der Waals surface area contributed by atoms with Crippen LogP contribution in [-0.2, 0) is 16.1 Å². The molecule has 31 heavy (non-hydrogen) atoms. The van der Waals surface area contributed by atoms with E-state index in [1.54, 1.807) is 0 Å². The van der Waals surface area contributed by atoms with Crippen LogP contribution in [0.25, 0.3) is 0 Å². The average molecular weight is 430 g/mol. The highest BCUT2D eigenvalue weighted by Crippen LogP contribution is 2.39. The molecule has 1 aliphatic heterocycles. The number of carbonyl (C=O) groups excluding carboxylic acids is 1. The lowest BCUT2D eigenvalue weighted by molar-refractivity contribution is -0.684. The number of rotatable bonds is 9. The molecule has 0 unspecified atom stereocenters. The van der Waals surface area contributed by atoms with Gasteiger partial charge in [0, 0.05) is 57.1 Å². The third-order valence-corrected chi connectivity index (χ3v) is 5.00. The molecule has 0 aliphatic carbocycles. The minimum atomic E-state index is -0.134. The van der Waals surface area contributed by atoms with Crippen molar-refractivity contribution >= 4 is 23.0 Å². The quantitative estimate of drug-likeness (QED) is 0.617. The number of nitrogens with zero attached hydrogens (tertiary/aromatic N) is 3. The van der Waals surface area contributed by atoms with Crippen molar-refractivity contribution in [3.05, 3.63) is 36.7 Å². The molecule has 2 aromatic rings. The number of benzene rings is 1. The summed E-state index contributed by atoms with van der Waals surface area (Å²) in [5, 5.41) is 2.99. The van der Waals surface area contributed by atoms with Crippen molar-refractivity contribution in [3.63, 3.8) is 0 Å². The highest BCUT2D eigenvalue weighted by molar-refractivity contribution is 5.92. The minimum Gasteiger partial charge on any atom is -0.492 e. The van der Waals surface area contributed by atoms with Gasteiger partial charge in [-0.15, -0.1) is 0 Å². The molecule has 0 bridgehead atoms. The molecule has 0 spiro atoms. The van der Waals surface area contributed by atoms with Gasteiger partial charge in [-0.1, -0.05) is 0 Å². The maximum atomic E-state index is 12.7. The topological polar surface area (TPSA) is 67.2 Å². The molecule has 1 aromatic heterocycles. The number of ether oxygens (including phenoxy) is 3. The van der Waals surface area contributed by atoms with Gasteiger partial charge in [0.05, 0.1) is 37.8 Å². The fourth-order valence-electron chi connectivity index (χ4n) is 3.45. The first-order valence-electron chi connectivity index (χ1n) is 10.7. The van der Waals surface area contributed by atoms with Crippen LogP contribution in [0.3, 0.4) is 0 Å². The molecule has 168 valence electrons. The van der Waals surface area contributed by atoms with E-state index in [2.05, 4.69) is 10.2 Å². The first-order valence-corrected chi connectivity index (χ1v) is 10.7. The summed E-state index contributed by atoms with van der Waals surface area (Å²) in [6.07, 6.45) is 3.79. The van der Waals surface area contributed by atoms with Crippen LogP contribution in [-0.4, -0.2) is 59.5 Å². The van der Waals surface area contributed by atoms with Crippen molar-refractivity contribution in [2.75, 3.05) is 68.7 Å². The third-order valence-electron chi connectivity index (χ3n) is 5.00. The normalized spacial score (nSPS) is 13.6. The molecule has 1 N–H and O–H groups in total. The molecule has 0 atom stereocenters. The van der Waals surface area contributed by atoms with E-state index in [9.17, 15) is 4.79 Å². The summed E-state index contributed by atoms with van der Waals surface area (Å²) in [5.74, 6) is 1.23. The van der Waals surface area contributed by atoms with Crippen LogP contribution >= 0.6 is 0 Å². The molecule has 8 heteroatoms. The number of nitrogens with one attached hydrogen (secondary N) is 1. The predicted molar refractivity (Wildman–Crippen MR) is 121 cm³/mol. The Morgan fingerprint density at radius 3 is 2.35 bits per heavy atom. The SMILES string of the molecule is CCOc1cc(N2CCOCC2)c(OCC)cc1NC(=O)C[n+]1ccc(N(C)C)cc1. The summed E-state index contributed by atoms with van der Waals surface area (Å²) in [5.41, 5.74) is 2.65. The van der Waals surface area contributed by atoms with Crippen LogP contribution in [0.1, 0.15) is 13.8 Å². The Kier molecular flexibility index (Phi) is 7.94. The highest BCUT2D eigenvalue weighted by Gasteiger charge is 2.21. The van der Waals surface area contributed by atoms with E-state index >= 15 is 0 Å². The molecule has 8 nitrogen and oxygen atoms in total. The van der Waals surface area contributed by atoms with Crippen molar-refractivity contribution in [1.82, 2.24) is 0 Å². The zero-order valence-electron chi connectivity index (χ0n) is 18.9. The van der Waals surface area contributed by atoms with E-state index in [0.29, 0.717) is 37.9 Å². The number of pyridine rings is 1. The van der Waals surface area contributed by atoms with Crippen LogP contribution in [0.2, 0.25) is 0 Å². The fraction of sp³-hybridized carbons (Fsp3) is 0.478. The van der Waals surface area contributed by atoms with Gasteiger partial charge in [-0.25, -0.2) is 0 Å². The van der Waals surface area contributed by atoms with Gasteiger partial charge in [-0.05, 0) is 13.8 Å². The maximum absolute atomic E-state index is 12.7. The number of carbonyl (C=O) groups is 1. The van der Waals surface area contributed by atoms with E-state index in [4.69, 9.17) is 14.2 Å². The Hall–Kier alpha value is -3.00. The average Bonchev–Trinajstić information content (AvgIpc) is 2.76. The molecular weight excluding hydrogens is 396 g/mol. The number of aromatic nitrogens is 1. The van der Waals surface area contributed by atoms with E-state index in [1.165, 1.54) is 0 Å². The summed E-state index contributed by atoms with van der Waals surface area (Å²) in [6.45, 7) is 8.05. The Balaban J connectivity index is 1.81. The molecule has 1 aromatic carbocycles. The first-order chi connectivity index (χ1) is 15.0. The van der Waals surface area contributed by atoms with Gasteiger partial charge in [0.1, 0.15) is 11.5 Å². The Bertz CT molecular complexity index is 865. The van der Waals surface area contributed by atoms with Crippen molar-refractivity contribution in [3.8, 4) is 11.5 Å². The van der Waals surface area contributed by atoms with Crippen molar-refractivity contribution in [1.29, 1.82) is 0 Å². The van der Waals surface area contributed by atoms with Crippen LogP contribution in [0.15, 0.2) is 36.7 Å². The van der Waals surface area contributed by atoms with Crippen LogP contribution < -0.4 is 29.2 Å². The molecule has 0 saturated carbocycles. The van der Waals surface area contributed by atoms with E-state index in [-0.39, 0.29) is 12.5 Å². The highest BCUT2D eigenvalue weighted by atomic mass is 16.5. The summed E-state index contributed by atoms with van der Waals surface area (Å²) in [4.78, 5) is 17.0. The molecule has 3 rings (SSSR count). The van der Waals surface area contributed by atoms with Gasteiger partial charge in [0.2, 0.25) is 6.54 Å². The third kappa shape index (κ3) is 6.01. The van der Waals surface area contributed by atoms with Gasteiger partial charge in [-0.3, -0.25) is 4.79 Å². The summed E-state index contributed by atoms with van der Waals surface area (Å²) in [6, 6.07) is 7.76. The van der Waals surface area contributed by atoms with Gasteiger partial charge in [0.25, 0.3) is 5.91 Å². The van der Waals surface area contributed by atoms with Crippen molar-refractivity contribution in [2.45, 2.75) is 20.4 Å². The van der Waals surface area contributed by atoms with Gasteiger partial charge in [-0.2, -0.15) is 4.57 Å². The zero-order valence-corrected chi connectivity index (χ0v) is 18.9. The second-order valence-corrected chi connectivity index (χ2v) is 7.45. The molecule has 1 saturated heterocycles. The zero-order chi connectivity index (χ0) is 22.2. The number of hydrogen-bond donors (Lipinski definition) is 1.